The summed E-state index contributed by atoms with van der Waals surface area (Å²) in [5, 5.41) is 9.25. The van der Waals surface area contributed by atoms with Gasteiger partial charge in [0.25, 0.3) is 5.91 Å². The minimum Gasteiger partial charge on any atom is -0.444 e. The predicted octanol–water partition coefficient (Wildman–Crippen LogP) is 4.09. The molecule has 31 heavy (non-hydrogen) atoms. The Labute approximate surface area is 183 Å². The van der Waals surface area contributed by atoms with E-state index in [-0.39, 0.29) is 17.9 Å². The zero-order valence-electron chi connectivity index (χ0n) is 18.4. The van der Waals surface area contributed by atoms with E-state index in [0.29, 0.717) is 16.9 Å². The molecule has 2 aromatic rings. The van der Waals surface area contributed by atoms with Crippen molar-refractivity contribution in [2.24, 2.45) is 5.92 Å². The summed E-state index contributed by atoms with van der Waals surface area (Å²) in [5.74, 6) is -0.0442. The van der Waals surface area contributed by atoms with Gasteiger partial charge in [0.1, 0.15) is 5.60 Å². The third-order valence-electron chi connectivity index (χ3n) is 5.24. The first-order valence-electron chi connectivity index (χ1n) is 10.7. The molecule has 0 bridgehead atoms. The summed E-state index contributed by atoms with van der Waals surface area (Å²) < 4.78 is 5.49. The number of carbonyl (C=O) groups excluding carboxylic acids is 2. The van der Waals surface area contributed by atoms with Crippen LogP contribution in [0.25, 0.3) is 0 Å². The second kappa shape index (κ2) is 9.83. The second-order valence-corrected chi connectivity index (χ2v) is 8.88. The van der Waals surface area contributed by atoms with Crippen LogP contribution >= 0.6 is 0 Å². The normalized spacial score (nSPS) is 15.7. The van der Waals surface area contributed by atoms with Crippen LogP contribution in [0.15, 0.2) is 48.5 Å². The number of nitrogens with one attached hydrogen (secondary N) is 3. The highest BCUT2D eigenvalue weighted by Crippen LogP contribution is 2.33. The summed E-state index contributed by atoms with van der Waals surface area (Å²) in [7, 11) is 0. The molecule has 166 valence electrons. The zero-order chi connectivity index (χ0) is 22.4. The van der Waals surface area contributed by atoms with E-state index in [1.54, 1.807) is 18.2 Å². The van der Waals surface area contributed by atoms with Crippen LogP contribution in [0.3, 0.4) is 0 Å². The molecular formula is C24H32N4O3. The van der Waals surface area contributed by atoms with Gasteiger partial charge in [0.05, 0.1) is 6.04 Å². The largest absolute Gasteiger partial charge is 0.444 e. The first kappa shape index (κ1) is 22.6. The van der Waals surface area contributed by atoms with Crippen LogP contribution in [0.4, 0.5) is 16.2 Å². The Hall–Kier alpha value is -3.06. The fourth-order valence-electron chi connectivity index (χ4n) is 3.77. The molecule has 7 nitrogen and oxygen atoms in total. The van der Waals surface area contributed by atoms with Crippen molar-refractivity contribution in [3.05, 3.63) is 59.7 Å². The number of alkyl carbamates (subject to hydrolysis) is 1. The molecule has 0 aliphatic carbocycles. The maximum absolute atomic E-state index is 12.8. The third kappa shape index (κ3) is 6.46. The molecule has 1 aliphatic heterocycles. The summed E-state index contributed by atoms with van der Waals surface area (Å²) in [6.45, 7) is 7.22. The molecule has 7 heteroatoms. The minimum atomic E-state index is -0.605. The number of nitrogen functional groups attached to an aromatic ring is 1. The summed E-state index contributed by atoms with van der Waals surface area (Å²) in [6.07, 6.45) is 1.29. The van der Waals surface area contributed by atoms with Crippen molar-refractivity contribution in [2.75, 3.05) is 24.1 Å². The Bertz CT molecular complexity index is 903. The molecule has 2 amide bonds. The first-order chi connectivity index (χ1) is 14.7. The maximum Gasteiger partial charge on any atom is 0.408 e. The van der Waals surface area contributed by atoms with Crippen molar-refractivity contribution < 1.29 is 14.3 Å². The summed E-state index contributed by atoms with van der Waals surface area (Å²) in [5.41, 5.74) is 8.18. The Morgan fingerprint density at radius 1 is 1.10 bits per heavy atom. The van der Waals surface area contributed by atoms with Gasteiger partial charge in [-0.15, -0.1) is 0 Å². The number of nitrogens with two attached hydrogens (primary N) is 1. The topological polar surface area (TPSA) is 105 Å². The molecule has 5 N–H and O–H groups in total. The molecule has 2 aromatic carbocycles. The number of hydrogen-bond acceptors (Lipinski definition) is 5. The van der Waals surface area contributed by atoms with E-state index in [2.05, 4.69) is 16.0 Å². The number of benzene rings is 2. The number of amides is 2. The van der Waals surface area contributed by atoms with Gasteiger partial charge in [-0.1, -0.05) is 18.2 Å². The van der Waals surface area contributed by atoms with E-state index >= 15 is 0 Å². The molecule has 0 radical (unpaired) electrons. The summed E-state index contributed by atoms with van der Waals surface area (Å²) in [6, 6.07) is 14.1. The molecule has 1 fully saturated rings. The Morgan fingerprint density at radius 2 is 1.77 bits per heavy atom. The Balaban J connectivity index is 1.87. The molecule has 3 rings (SSSR count). The standard InChI is InChI=1S/C24H32N4O3/c1-24(2,3)31-23(30)28-21(16-11-13-26-14-12-16)19-15-17(9-10-20(19)25)22(29)27-18-7-5-4-6-8-18/h4-10,15-16,21,26H,11-14,25H2,1-3H3,(H,27,29)(H,28,30). The number of rotatable bonds is 5. The quantitative estimate of drug-likeness (QED) is 0.541. The van der Waals surface area contributed by atoms with Gasteiger partial charge >= 0.3 is 6.09 Å². The highest BCUT2D eigenvalue weighted by Gasteiger charge is 2.30. The molecule has 0 saturated carbocycles. The van der Waals surface area contributed by atoms with E-state index in [4.69, 9.17) is 10.5 Å². The van der Waals surface area contributed by atoms with E-state index in [1.165, 1.54) is 0 Å². The fraction of sp³-hybridized carbons (Fsp3) is 0.417. The van der Waals surface area contributed by atoms with Gasteiger partial charge in [-0.05, 0) is 88.5 Å². The van der Waals surface area contributed by atoms with E-state index in [9.17, 15) is 9.59 Å². The van der Waals surface area contributed by atoms with Crippen molar-refractivity contribution >= 4 is 23.4 Å². The van der Waals surface area contributed by atoms with Gasteiger partial charge in [0.15, 0.2) is 0 Å². The lowest BCUT2D eigenvalue weighted by molar-refractivity contribution is 0.0477. The second-order valence-electron chi connectivity index (χ2n) is 8.88. The van der Waals surface area contributed by atoms with Gasteiger partial charge in [0, 0.05) is 16.9 Å². The highest BCUT2D eigenvalue weighted by atomic mass is 16.6. The van der Waals surface area contributed by atoms with Gasteiger partial charge in [-0.2, -0.15) is 0 Å². The molecule has 1 aliphatic rings. The SMILES string of the molecule is CC(C)(C)OC(=O)NC(c1cc(C(=O)Nc2ccccc2)ccc1N)C1CCNCC1. The molecular weight excluding hydrogens is 392 g/mol. The zero-order valence-corrected chi connectivity index (χ0v) is 18.4. The first-order valence-corrected chi connectivity index (χ1v) is 10.7. The lowest BCUT2D eigenvalue weighted by Crippen LogP contribution is -2.41. The van der Waals surface area contributed by atoms with Crippen molar-refractivity contribution in [3.63, 3.8) is 0 Å². The van der Waals surface area contributed by atoms with E-state index in [0.717, 1.165) is 31.5 Å². The van der Waals surface area contributed by atoms with Gasteiger partial charge < -0.3 is 26.4 Å². The monoisotopic (exact) mass is 424 g/mol. The molecule has 1 unspecified atom stereocenters. The van der Waals surface area contributed by atoms with Gasteiger partial charge in [0.2, 0.25) is 0 Å². The molecule has 0 spiro atoms. The Morgan fingerprint density at radius 3 is 2.42 bits per heavy atom. The number of ether oxygens (including phenoxy) is 1. The highest BCUT2D eigenvalue weighted by molar-refractivity contribution is 6.04. The van der Waals surface area contributed by atoms with Crippen molar-refractivity contribution in [3.8, 4) is 0 Å². The van der Waals surface area contributed by atoms with Crippen LogP contribution < -0.4 is 21.7 Å². The van der Waals surface area contributed by atoms with Gasteiger partial charge in [-0.3, -0.25) is 4.79 Å². The number of piperidine rings is 1. The van der Waals surface area contributed by atoms with Crippen LogP contribution in [0, 0.1) is 5.92 Å². The predicted molar refractivity (Wildman–Crippen MR) is 123 cm³/mol. The lowest BCUT2D eigenvalue weighted by atomic mass is 9.84. The van der Waals surface area contributed by atoms with Crippen LogP contribution in [-0.4, -0.2) is 30.7 Å². The number of hydrogen-bond donors (Lipinski definition) is 4. The van der Waals surface area contributed by atoms with Crippen LogP contribution in [-0.2, 0) is 4.74 Å². The van der Waals surface area contributed by atoms with Crippen molar-refractivity contribution in [1.82, 2.24) is 10.6 Å². The average Bonchev–Trinajstić information content (AvgIpc) is 2.72. The van der Waals surface area contributed by atoms with Gasteiger partial charge in [-0.25, -0.2) is 4.79 Å². The smallest absolute Gasteiger partial charge is 0.408 e. The number of anilines is 2. The molecule has 0 aromatic heterocycles. The number of para-hydroxylation sites is 1. The minimum absolute atomic E-state index is 0.184. The number of carbonyl (C=O) groups is 2. The summed E-state index contributed by atoms with van der Waals surface area (Å²) in [4.78, 5) is 25.4. The van der Waals surface area contributed by atoms with E-state index in [1.807, 2.05) is 51.1 Å². The average molecular weight is 425 g/mol. The molecule has 1 atom stereocenters. The third-order valence-corrected chi connectivity index (χ3v) is 5.24. The van der Waals surface area contributed by atoms with E-state index < -0.39 is 11.7 Å². The molecule has 1 heterocycles. The lowest BCUT2D eigenvalue weighted by Gasteiger charge is -2.33. The summed E-state index contributed by atoms with van der Waals surface area (Å²) >= 11 is 0. The molecule has 1 saturated heterocycles. The Kier molecular flexibility index (Phi) is 7.17. The van der Waals surface area contributed by atoms with Crippen LogP contribution in [0.5, 0.6) is 0 Å². The fourth-order valence-corrected chi connectivity index (χ4v) is 3.77. The maximum atomic E-state index is 12.8. The van der Waals surface area contributed by atoms with Crippen molar-refractivity contribution in [2.45, 2.75) is 45.3 Å². The van der Waals surface area contributed by atoms with Crippen LogP contribution in [0.1, 0.15) is 55.6 Å². The van der Waals surface area contributed by atoms with Crippen molar-refractivity contribution in [1.29, 1.82) is 0 Å². The van der Waals surface area contributed by atoms with Crippen LogP contribution in [0.2, 0.25) is 0 Å².